The van der Waals surface area contributed by atoms with Crippen LogP contribution >= 0.6 is 23.2 Å². The van der Waals surface area contributed by atoms with Crippen LogP contribution in [0.3, 0.4) is 0 Å². The molecule has 7 heteroatoms. The predicted octanol–water partition coefficient (Wildman–Crippen LogP) is 4.23. The molecule has 0 saturated carbocycles. The Kier molecular flexibility index (Phi) is 6.06. The predicted molar refractivity (Wildman–Crippen MR) is 107 cm³/mol. The molecule has 0 saturated heterocycles. The van der Waals surface area contributed by atoms with E-state index in [0.717, 1.165) is 11.1 Å². The van der Waals surface area contributed by atoms with Crippen LogP contribution in [-0.2, 0) is 0 Å². The summed E-state index contributed by atoms with van der Waals surface area (Å²) in [4.78, 5) is 21.5. The highest BCUT2D eigenvalue weighted by molar-refractivity contribution is 6.30. The molecule has 1 heterocycles. The summed E-state index contributed by atoms with van der Waals surface area (Å²) in [6.45, 7) is 1.55. The molecular weight excluding hydrogens is 385 g/mol. The molecule has 0 bridgehead atoms. The number of benzene rings is 2. The third-order valence-corrected chi connectivity index (χ3v) is 4.36. The number of aromatic nitrogens is 2. The fraction of sp³-hybridized carbons (Fsp3) is 0.150. The Bertz CT molecular complexity index is 881. The minimum absolute atomic E-state index is 0.162. The lowest BCUT2D eigenvalue weighted by Crippen LogP contribution is -2.35. The van der Waals surface area contributed by atoms with E-state index in [1.54, 1.807) is 49.4 Å². The molecule has 0 aliphatic carbocycles. The zero-order chi connectivity index (χ0) is 19.4. The molecule has 0 fully saturated rings. The summed E-state index contributed by atoms with van der Waals surface area (Å²) in [7, 11) is 0. The summed E-state index contributed by atoms with van der Waals surface area (Å²) in [6, 6.07) is 15.5. The second-order valence-electron chi connectivity index (χ2n) is 6.03. The van der Waals surface area contributed by atoms with Gasteiger partial charge in [-0.1, -0.05) is 35.3 Å². The van der Waals surface area contributed by atoms with Crippen LogP contribution in [0.25, 0.3) is 22.6 Å². The highest BCUT2D eigenvalue weighted by atomic mass is 35.5. The first-order valence-corrected chi connectivity index (χ1v) is 9.04. The normalized spacial score (nSPS) is 11.9. The van der Waals surface area contributed by atoms with Crippen LogP contribution in [-0.4, -0.2) is 33.6 Å². The van der Waals surface area contributed by atoms with Gasteiger partial charge in [0, 0.05) is 27.2 Å². The number of rotatable bonds is 5. The van der Waals surface area contributed by atoms with Crippen molar-refractivity contribution < 1.29 is 9.90 Å². The molecule has 2 N–H and O–H groups in total. The van der Waals surface area contributed by atoms with E-state index in [1.807, 2.05) is 12.1 Å². The van der Waals surface area contributed by atoms with Gasteiger partial charge in [-0.25, -0.2) is 9.97 Å². The van der Waals surface area contributed by atoms with Gasteiger partial charge in [0.05, 0.1) is 12.3 Å². The monoisotopic (exact) mass is 401 g/mol. The molecule has 0 radical (unpaired) electrons. The van der Waals surface area contributed by atoms with Crippen molar-refractivity contribution in [1.82, 2.24) is 15.3 Å². The second kappa shape index (κ2) is 8.48. The van der Waals surface area contributed by atoms with Gasteiger partial charge in [-0.3, -0.25) is 4.79 Å². The molecule has 1 atom stereocenters. The summed E-state index contributed by atoms with van der Waals surface area (Å²) in [5.74, 6) is 0.0188. The highest BCUT2D eigenvalue weighted by Crippen LogP contribution is 2.25. The van der Waals surface area contributed by atoms with Gasteiger partial charge in [0.2, 0.25) is 0 Å². The number of amides is 1. The Morgan fingerprint density at radius 1 is 1.00 bits per heavy atom. The first kappa shape index (κ1) is 19.3. The quantitative estimate of drug-likeness (QED) is 0.670. The lowest BCUT2D eigenvalue weighted by atomic mass is 10.1. The van der Waals surface area contributed by atoms with Crippen molar-refractivity contribution in [3.05, 3.63) is 70.3 Å². The van der Waals surface area contributed by atoms with Crippen LogP contribution < -0.4 is 5.32 Å². The molecule has 0 aliphatic heterocycles. The molecule has 0 aliphatic rings. The van der Waals surface area contributed by atoms with Crippen molar-refractivity contribution >= 4 is 29.1 Å². The minimum Gasteiger partial charge on any atom is -0.394 e. The Hall–Kier alpha value is -2.47. The van der Waals surface area contributed by atoms with Gasteiger partial charge >= 0.3 is 0 Å². The molecular formula is C20H17Cl2N3O2. The number of aliphatic hydroxyl groups is 1. The Balaban J connectivity index is 2.08. The van der Waals surface area contributed by atoms with E-state index in [2.05, 4.69) is 15.3 Å². The highest BCUT2D eigenvalue weighted by Gasteiger charge is 2.16. The smallest absolute Gasteiger partial charge is 0.270 e. The lowest BCUT2D eigenvalue weighted by Gasteiger charge is -2.12. The maximum Gasteiger partial charge on any atom is 0.270 e. The molecule has 3 aromatic rings. The van der Waals surface area contributed by atoms with Crippen molar-refractivity contribution in [2.45, 2.75) is 13.0 Å². The Morgan fingerprint density at radius 3 is 2.11 bits per heavy atom. The van der Waals surface area contributed by atoms with E-state index in [0.29, 0.717) is 21.6 Å². The number of nitrogens with zero attached hydrogens (tertiary/aromatic N) is 2. The number of nitrogens with one attached hydrogen (secondary N) is 1. The van der Waals surface area contributed by atoms with E-state index < -0.39 is 0 Å². The summed E-state index contributed by atoms with van der Waals surface area (Å²) < 4.78 is 0. The van der Waals surface area contributed by atoms with Crippen molar-refractivity contribution in [3.8, 4) is 22.6 Å². The molecule has 1 aromatic heterocycles. The Morgan fingerprint density at radius 2 is 1.56 bits per heavy atom. The van der Waals surface area contributed by atoms with Crippen LogP contribution in [0.2, 0.25) is 10.0 Å². The largest absolute Gasteiger partial charge is 0.394 e. The first-order chi connectivity index (χ1) is 13.0. The van der Waals surface area contributed by atoms with Gasteiger partial charge in [-0.2, -0.15) is 0 Å². The van der Waals surface area contributed by atoms with Crippen LogP contribution in [0.1, 0.15) is 17.4 Å². The fourth-order valence-electron chi connectivity index (χ4n) is 2.40. The van der Waals surface area contributed by atoms with Gasteiger partial charge in [-0.15, -0.1) is 0 Å². The zero-order valence-electron chi connectivity index (χ0n) is 14.5. The lowest BCUT2D eigenvalue weighted by molar-refractivity contribution is 0.0917. The number of halogens is 2. The summed E-state index contributed by atoms with van der Waals surface area (Å²) >= 11 is 11.9. The van der Waals surface area contributed by atoms with E-state index in [9.17, 15) is 9.90 Å². The van der Waals surface area contributed by atoms with Gasteiger partial charge < -0.3 is 10.4 Å². The van der Waals surface area contributed by atoms with Crippen molar-refractivity contribution in [2.75, 3.05) is 6.61 Å². The van der Waals surface area contributed by atoms with E-state index >= 15 is 0 Å². The van der Waals surface area contributed by atoms with E-state index in [-0.39, 0.29) is 24.2 Å². The van der Waals surface area contributed by atoms with Crippen LogP contribution in [0.4, 0.5) is 0 Å². The van der Waals surface area contributed by atoms with Crippen LogP contribution in [0.5, 0.6) is 0 Å². The molecule has 3 rings (SSSR count). The van der Waals surface area contributed by atoms with Crippen LogP contribution in [0, 0.1) is 0 Å². The second-order valence-corrected chi connectivity index (χ2v) is 6.91. The summed E-state index contributed by atoms with van der Waals surface area (Å²) in [6.07, 6.45) is 0. The van der Waals surface area contributed by atoms with E-state index in [1.165, 1.54) is 0 Å². The minimum atomic E-state index is -0.385. The number of hydrogen-bond donors (Lipinski definition) is 2. The maximum absolute atomic E-state index is 12.5. The molecule has 138 valence electrons. The Labute approximate surface area is 167 Å². The number of carbonyl (C=O) groups is 1. The summed E-state index contributed by atoms with van der Waals surface area (Å²) in [5.41, 5.74) is 2.34. The summed E-state index contributed by atoms with van der Waals surface area (Å²) in [5, 5.41) is 13.1. The van der Waals surface area contributed by atoms with Crippen molar-refractivity contribution in [2.24, 2.45) is 0 Å². The van der Waals surface area contributed by atoms with Gasteiger partial charge in [0.15, 0.2) is 5.82 Å². The maximum atomic E-state index is 12.5. The first-order valence-electron chi connectivity index (χ1n) is 8.29. The average molecular weight is 402 g/mol. The molecule has 2 aromatic carbocycles. The SMILES string of the molecule is CC(CO)NC(=O)c1cc(-c2ccc(Cl)cc2)nc(-c2ccc(Cl)cc2)n1. The molecule has 5 nitrogen and oxygen atoms in total. The number of hydrogen-bond acceptors (Lipinski definition) is 4. The molecule has 1 amide bonds. The fourth-order valence-corrected chi connectivity index (χ4v) is 2.66. The topological polar surface area (TPSA) is 75.1 Å². The average Bonchev–Trinajstić information content (AvgIpc) is 2.68. The van der Waals surface area contributed by atoms with E-state index in [4.69, 9.17) is 23.2 Å². The van der Waals surface area contributed by atoms with Gasteiger partial charge in [0.25, 0.3) is 5.91 Å². The number of aliphatic hydroxyl groups excluding tert-OH is 1. The standard InChI is InChI=1S/C20H17Cl2N3O2/c1-12(11-26)23-20(27)18-10-17(13-2-6-15(21)7-3-13)24-19(25-18)14-4-8-16(22)9-5-14/h2-10,12,26H,11H2,1H3,(H,23,27). The number of carbonyl (C=O) groups excluding carboxylic acids is 1. The zero-order valence-corrected chi connectivity index (χ0v) is 16.0. The van der Waals surface area contributed by atoms with Crippen LogP contribution in [0.15, 0.2) is 54.6 Å². The third-order valence-electron chi connectivity index (χ3n) is 3.85. The molecule has 27 heavy (non-hydrogen) atoms. The van der Waals surface area contributed by atoms with Crippen molar-refractivity contribution in [3.63, 3.8) is 0 Å². The molecule has 1 unspecified atom stereocenters. The third kappa shape index (κ3) is 4.83. The van der Waals surface area contributed by atoms with Gasteiger partial charge in [0.1, 0.15) is 5.69 Å². The van der Waals surface area contributed by atoms with Gasteiger partial charge in [-0.05, 0) is 49.4 Å². The van der Waals surface area contributed by atoms with Crippen molar-refractivity contribution in [1.29, 1.82) is 0 Å². The molecule has 0 spiro atoms.